The number of aryl methyl sites for hydroxylation is 1. The fraction of sp³-hybridized carbons (Fsp3) is 0.750. The Labute approximate surface area is 102 Å². The van der Waals surface area contributed by atoms with E-state index in [0.717, 1.165) is 57.6 Å². The van der Waals surface area contributed by atoms with Gasteiger partial charge in [-0.1, -0.05) is 6.92 Å². The maximum atomic E-state index is 10.7. The Kier molecular flexibility index (Phi) is 4.25. The Balaban J connectivity index is 1.88. The van der Waals surface area contributed by atoms with E-state index < -0.39 is 0 Å². The summed E-state index contributed by atoms with van der Waals surface area (Å²) in [6.45, 7) is 5.90. The third-order valence-electron chi connectivity index (χ3n) is 3.32. The van der Waals surface area contributed by atoms with Crippen LogP contribution in [0.15, 0.2) is 6.33 Å². The molecule has 1 aliphatic heterocycles. The van der Waals surface area contributed by atoms with Gasteiger partial charge in [-0.15, -0.1) is 0 Å². The van der Waals surface area contributed by atoms with Crippen molar-refractivity contribution in [3.8, 4) is 0 Å². The topological polar surface area (TPSA) is 51.0 Å². The van der Waals surface area contributed by atoms with Crippen LogP contribution in [0.25, 0.3) is 0 Å². The van der Waals surface area contributed by atoms with Gasteiger partial charge in [-0.3, -0.25) is 4.90 Å². The van der Waals surface area contributed by atoms with Gasteiger partial charge in [0.2, 0.25) is 0 Å². The van der Waals surface area contributed by atoms with Crippen molar-refractivity contribution >= 4 is 6.29 Å². The maximum Gasteiger partial charge on any atom is 0.141 e. The summed E-state index contributed by atoms with van der Waals surface area (Å²) in [5, 5.41) is 4.23. The minimum absolute atomic E-state index is 0.264. The van der Waals surface area contributed by atoms with Gasteiger partial charge in [-0.05, 0) is 32.4 Å². The second-order valence-electron chi connectivity index (χ2n) is 4.65. The molecule has 0 unspecified atom stereocenters. The smallest absolute Gasteiger partial charge is 0.141 e. The number of hydrogen-bond donors (Lipinski definition) is 0. The number of hydrogen-bond acceptors (Lipinski definition) is 4. The van der Waals surface area contributed by atoms with E-state index in [4.69, 9.17) is 0 Å². The van der Waals surface area contributed by atoms with Crippen molar-refractivity contribution in [2.75, 3.05) is 13.1 Å². The van der Waals surface area contributed by atoms with Gasteiger partial charge in [-0.25, -0.2) is 9.67 Å². The molecular weight excluding hydrogens is 216 g/mol. The SMILES string of the molecule is CCCn1ncnc1CN1CCC(C=O)CC1. The number of piperidine rings is 1. The first-order chi connectivity index (χ1) is 8.33. The van der Waals surface area contributed by atoms with Gasteiger partial charge in [0.1, 0.15) is 18.4 Å². The lowest BCUT2D eigenvalue weighted by atomic mass is 9.99. The van der Waals surface area contributed by atoms with Crippen LogP contribution in [-0.2, 0) is 17.9 Å². The minimum Gasteiger partial charge on any atom is -0.303 e. The molecule has 17 heavy (non-hydrogen) atoms. The molecule has 5 nitrogen and oxygen atoms in total. The normalized spacial score (nSPS) is 18.4. The number of aromatic nitrogens is 3. The monoisotopic (exact) mass is 236 g/mol. The molecule has 0 amide bonds. The molecule has 5 heteroatoms. The van der Waals surface area contributed by atoms with Crippen molar-refractivity contribution in [2.45, 2.75) is 39.3 Å². The highest BCUT2D eigenvalue weighted by atomic mass is 16.1. The van der Waals surface area contributed by atoms with Gasteiger partial charge in [0, 0.05) is 12.5 Å². The van der Waals surface area contributed by atoms with Crippen LogP contribution in [0.3, 0.4) is 0 Å². The van der Waals surface area contributed by atoms with Crippen LogP contribution >= 0.6 is 0 Å². The number of nitrogens with zero attached hydrogens (tertiary/aromatic N) is 4. The fourth-order valence-electron chi connectivity index (χ4n) is 2.26. The number of rotatable bonds is 5. The quantitative estimate of drug-likeness (QED) is 0.718. The van der Waals surface area contributed by atoms with E-state index in [2.05, 4.69) is 21.9 Å². The van der Waals surface area contributed by atoms with E-state index in [1.165, 1.54) is 0 Å². The van der Waals surface area contributed by atoms with Crippen molar-refractivity contribution in [1.82, 2.24) is 19.7 Å². The second-order valence-corrected chi connectivity index (χ2v) is 4.65. The second kappa shape index (κ2) is 5.91. The summed E-state index contributed by atoms with van der Waals surface area (Å²) in [7, 11) is 0. The summed E-state index contributed by atoms with van der Waals surface area (Å²) in [5.41, 5.74) is 0. The molecule has 2 heterocycles. The first-order valence-corrected chi connectivity index (χ1v) is 6.37. The molecular formula is C12H20N4O. The summed E-state index contributed by atoms with van der Waals surface area (Å²) >= 11 is 0. The van der Waals surface area contributed by atoms with E-state index in [0.29, 0.717) is 0 Å². The Bertz CT molecular complexity index is 355. The molecule has 1 fully saturated rings. The molecule has 0 bridgehead atoms. The molecule has 1 aliphatic rings. The van der Waals surface area contributed by atoms with Crippen molar-refractivity contribution < 1.29 is 4.79 Å². The Morgan fingerprint density at radius 3 is 2.88 bits per heavy atom. The fourth-order valence-corrected chi connectivity index (χ4v) is 2.26. The molecule has 0 radical (unpaired) electrons. The van der Waals surface area contributed by atoms with Crippen LogP contribution in [0.5, 0.6) is 0 Å². The lowest BCUT2D eigenvalue weighted by molar-refractivity contribution is -0.112. The van der Waals surface area contributed by atoms with E-state index in [9.17, 15) is 4.79 Å². The Morgan fingerprint density at radius 2 is 2.24 bits per heavy atom. The third-order valence-corrected chi connectivity index (χ3v) is 3.32. The largest absolute Gasteiger partial charge is 0.303 e. The average molecular weight is 236 g/mol. The Hall–Kier alpha value is -1.23. The first-order valence-electron chi connectivity index (χ1n) is 6.37. The summed E-state index contributed by atoms with van der Waals surface area (Å²) < 4.78 is 1.98. The molecule has 0 aliphatic carbocycles. The van der Waals surface area contributed by atoms with Crippen LogP contribution in [0.2, 0.25) is 0 Å². The molecule has 0 atom stereocenters. The molecule has 1 saturated heterocycles. The van der Waals surface area contributed by atoms with Gasteiger partial charge in [-0.2, -0.15) is 5.10 Å². The van der Waals surface area contributed by atoms with Gasteiger partial charge < -0.3 is 4.79 Å². The molecule has 0 spiro atoms. The highest BCUT2D eigenvalue weighted by Gasteiger charge is 2.19. The highest BCUT2D eigenvalue weighted by Crippen LogP contribution is 2.16. The number of carbonyl (C=O) groups excluding carboxylic acids is 1. The first kappa shape index (κ1) is 12.2. The van der Waals surface area contributed by atoms with Crippen LogP contribution in [-0.4, -0.2) is 39.0 Å². The van der Waals surface area contributed by atoms with Crippen LogP contribution in [0.1, 0.15) is 32.0 Å². The predicted octanol–water partition coefficient (Wildman–Crippen LogP) is 1.10. The van der Waals surface area contributed by atoms with Crippen LogP contribution in [0.4, 0.5) is 0 Å². The van der Waals surface area contributed by atoms with E-state index in [-0.39, 0.29) is 5.92 Å². The molecule has 2 rings (SSSR count). The maximum absolute atomic E-state index is 10.7. The lowest BCUT2D eigenvalue weighted by Crippen LogP contribution is -2.34. The molecule has 0 saturated carbocycles. The number of carbonyl (C=O) groups is 1. The molecule has 0 N–H and O–H groups in total. The minimum atomic E-state index is 0.264. The van der Waals surface area contributed by atoms with Crippen LogP contribution < -0.4 is 0 Å². The summed E-state index contributed by atoms with van der Waals surface area (Å²) in [6.07, 6.45) is 5.75. The van der Waals surface area contributed by atoms with Crippen molar-refractivity contribution in [3.63, 3.8) is 0 Å². The summed E-state index contributed by atoms with van der Waals surface area (Å²) in [4.78, 5) is 17.3. The summed E-state index contributed by atoms with van der Waals surface area (Å²) in [5.74, 6) is 1.30. The van der Waals surface area contributed by atoms with Crippen molar-refractivity contribution in [1.29, 1.82) is 0 Å². The van der Waals surface area contributed by atoms with E-state index >= 15 is 0 Å². The zero-order valence-corrected chi connectivity index (χ0v) is 10.4. The standard InChI is InChI=1S/C12H20N4O/c1-2-5-16-12(13-10-14-16)8-15-6-3-11(9-17)4-7-15/h9-11H,2-8H2,1H3. The average Bonchev–Trinajstić information content (AvgIpc) is 2.78. The van der Waals surface area contributed by atoms with Gasteiger partial charge in [0.25, 0.3) is 0 Å². The number of aldehydes is 1. The lowest BCUT2D eigenvalue weighted by Gasteiger charge is -2.29. The molecule has 1 aromatic heterocycles. The van der Waals surface area contributed by atoms with E-state index in [1.54, 1.807) is 6.33 Å². The van der Waals surface area contributed by atoms with Gasteiger partial charge in [0.05, 0.1) is 6.54 Å². The highest BCUT2D eigenvalue weighted by molar-refractivity contribution is 5.53. The van der Waals surface area contributed by atoms with Crippen LogP contribution in [0, 0.1) is 5.92 Å². The molecule has 94 valence electrons. The third kappa shape index (κ3) is 3.12. The van der Waals surface area contributed by atoms with Gasteiger partial charge in [0.15, 0.2) is 0 Å². The van der Waals surface area contributed by atoms with Crippen molar-refractivity contribution in [2.24, 2.45) is 5.92 Å². The Morgan fingerprint density at radius 1 is 1.47 bits per heavy atom. The predicted molar refractivity (Wildman–Crippen MR) is 64.4 cm³/mol. The van der Waals surface area contributed by atoms with Crippen molar-refractivity contribution in [3.05, 3.63) is 12.2 Å². The number of likely N-dealkylation sites (tertiary alicyclic amines) is 1. The molecule has 0 aromatic carbocycles. The zero-order valence-electron chi connectivity index (χ0n) is 10.4. The zero-order chi connectivity index (χ0) is 12.1. The summed E-state index contributed by atoms with van der Waals surface area (Å²) in [6, 6.07) is 0. The van der Waals surface area contributed by atoms with Gasteiger partial charge >= 0.3 is 0 Å². The van der Waals surface area contributed by atoms with E-state index in [1.807, 2.05) is 4.68 Å². The molecule has 1 aromatic rings.